The minimum Gasteiger partial charge on any atom is -0.331 e. The lowest BCUT2D eigenvalue weighted by Gasteiger charge is -2.10. The second-order valence-electron chi connectivity index (χ2n) is 6.45. The number of carbonyl (C=O) groups is 1. The van der Waals surface area contributed by atoms with Crippen molar-refractivity contribution in [1.29, 1.82) is 0 Å². The maximum atomic E-state index is 12.3. The molecule has 0 unspecified atom stereocenters. The Labute approximate surface area is 157 Å². The first-order valence-electron chi connectivity index (χ1n) is 8.36. The van der Waals surface area contributed by atoms with Crippen LogP contribution in [-0.4, -0.2) is 52.1 Å². The van der Waals surface area contributed by atoms with Gasteiger partial charge in [0.1, 0.15) is 5.82 Å². The molecule has 0 saturated heterocycles. The highest BCUT2D eigenvalue weighted by molar-refractivity contribution is 7.89. The molecule has 3 aromatic rings. The van der Waals surface area contributed by atoms with Crippen molar-refractivity contribution < 1.29 is 13.2 Å². The number of amides is 1. The van der Waals surface area contributed by atoms with E-state index in [4.69, 9.17) is 0 Å². The molecule has 0 spiro atoms. The van der Waals surface area contributed by atoms with Crippen LogP contribution in [0.3, 0.4) is 0 Å². The largest absolute Gasteiger partial charge is 0.331 e. The lowest BCUT2D eigenvalue weighted by molar-refractivity contribution is -0.116. The minimum absolute atomic E-state index is 0.156. The average molecular weight is 390 g/mol. The highest BCUT2D eigenvalue weighted by Crippen LogP contribution is 2.22. The number of nitrogens with one attached hydrogen (secondary N) is 1. The fourth-order valence-electron chi connectivity index (χ4n) is 2.74. The molecule has 0 bridgehead atoms. The Balaban J connectivity index is 1.77. The standard InChI is InChI=1S/C17H22N6O3S/c1-21(2)27(25,26)12-5-6-14-13(11-12)18-16(23(14)4)7-8-17(24)19-15-9-10-22(3)20-15/h5-6,9-11H,7-8H2,1-4H3,(H,19,20,24). The molecule has 1 amide bonds. The van der Waals surface area contributed by atoms with E-state index in [1.807, 2.05) is 11.6 Å². The van der Waals surface area contributed by atoms with Crippen molar-refractivity contribution in [2.45, 2.75) is 17.7 Å². The molecule has 0 aliphatic carbocycles. The van der Waals surface area contributed by atoms with Gasteiger partial charge in [-0.2, -0.15) is 5.10 Å². The molecule has 0 atom stereocenters. The topological polar surface area (TPSA) is 102 Å². The molecule has 0 aliphatic rings. The Bertz CT molecular complexity index is 1100. The molecule has 1 N–H and O–H groups in total. The molecule has 27 heavy (non-hydrogen) atoms. The van der Waals surface area contributed by atoms with E-state index in [0.717, 1.165) is 5.52 Å². The van der Waals surface area contributed by atoms with Crippen LogP contribution in [0.5, 0.6) is 0 Å². The van der Waals surface area contributed by atoms with Crippen LogP contribution in [0.2, 0.25) is 0 Å². The number of aromatic nitrogens is 4. The number of imidazole rings is 1. The quantitative estimate of drug-likeness (QED) is 0.680. The predicted molar refractivity (Wildman–Crippen MR) is 102 cm³/mol. The number of carbonyl (C=O) groups excluding carboxylic acids is 1. The van der Waals surface area contributed by atoms with Gasteiger partial charge in [0.2, 0.25) is 15.9 Å². The van der Waals surface area contributed by atoms with E-state index in [0.29, 0.717) is 23.6 Å². The summed E-state index contributed by atoms with van der Waals surface area (Å²) in [5.41, 5.74) is 1.40. The van der Waals surface area contributed by atoms with Crippen LogP contribution in [0.4, 0.5) is 5.82 Å². The number of aryl methyl sites for hydroxylation is 3. The van der Waals surface area contributed by atoms with Gasteiger partial charge < -0.3 is 9.88 Å². The van der Waals surface area contributed by atoms with Gasteiger partial charge in [0.05, 0.1) is 15.9 Å². The van der Waals surface area contributed by atoms with E-state index in [-0.39, 0.29) is 17.2 Å². The van der Waals surface area contributed by atoms with Gasteiger partial charge in [0, 0.05) is 53.3 Å². The predicted octanol–water partition coefficient (Wildman–Crippen LogP) is 1.13. The van der Waals surface area contributed by atoms with Crippen molar-refractivity contribution >= 4 is 32.8 Å². The van der Waals surface area contributed by atoms with Gasteiger partial charge in [-0.1, -0.05) is 0 Å². The lowest BCUT2D eigenvalue weighted by Crippen LogP contribution is -2.22. The fraction of sp³-hybridized carbons (Fsp3) is 0.353. The molecule has 144 valence electrons. The number of hydrogen-bond acceptors (Lipinski definition) is 5. The first-order valence-corrected chi connectivity index (χ1v) is 9.80. The van der Waals surface area contributed by atoms with Gasteiger partial charge in [-0.25, -0.2) is 17.7 Å². The summed E-state index contributed by atoms with van der Waals surface area (Å²) in [7, 11) is 3.09. The van der Waals surface area contributed by atoms with Gasteiger partial charge in [-0.05, 0) is 18.2 Å². The number of benzene rings is 1. The smallest absolute Gasteiger partial charge is 0.242 e. The summed E-state index contributed by atoms with van der Waals surface area (Å²) >= 11 is 0. The number of nitrogens with zero attached hydrogens (tertiary/aromatic N) is 5. The van der Waals surface area contributed by atoms with E-state index in [1.54, 1.807) is 42.2 Å². The number of rotatable bonds is 6. The van der Waals surface area contributed by atoms with Crippen molar-refractivity contribution in [3.05, 3.63) is 36.3 Å². The average Bonchev–Trinajstić information content (AvgIpc) is 3.15. The van der Waals surface area contributed by atoms with Crippen LogP contribution in [0.15, 0.2) is 35.4 Å². The molecule has 0 aliphatic heterocycles. The van der Waals surface area contributed by atoms with Crippen LogP contribution in [0.25, 0.3) is 11.0 Å². The monoisotopic (exact) mass is 390 g/mol. The lowest BCUT2D eigenvalue weighted by atomic mass is 10.3. The Morgan fingerprint density at radius 2 is 1.96 bits per heavy atom. The minimum atomic E-state index is -3.52. The molecule has 0 fully saturated rings. The second-order valence-corrected chi connectivity index (χ2v) is 8.60. The van der Waals surface area contributed by atoms with Crippen molar-refractivity contribution in [3.8, 4) is 0 Å². The maximum Gasteiger partial charge on any atom is 0.242 e. The zero-order valence-electron chi connectivity index (χ0n) is 15.7. The van der Waals surface area contributed by atoms with Gasteiger partial charge in [0.25, 0.3) is 0 Å². The van der Waals surface area contributed by atoms with E-state index in [1.165, 1.54) is 18.4 Å². The van der Waals surface area contributed by atoms with E-state index >= 15 is 0 Å². The number of hydrogen-bond donors (Lipinski definition) is 1. The van der Waals surface area contributed by atoms with E-state index in [2.05, 4.69) is 15.4 Å². The van der Waals surface area contributed by atoms with Crippen molar-refractivity contribution in [3.63, 3.8) is 0 Å². The molecule has 10 heteroatoms. The molecular formula is C17H22N6O3S. The highest BCUT2D eigenvalue weighted by atomic mass is 32.2. The Morgan fingerprint density at radius 3 is 2.59 bits per heavy atom. The highest BCUT2D eigenvalue weighted by Gasteiger charge is 2.19. The maximum absolute atomic E-state index is 12.3. The molecular weight excluding hydrogens is 368 g/mol. The van der Waals surface area contributed by atoms with Crippen LogP contribution in [-0.2, 0) is 35.3 Å². The van der Waals surface area contributed by atoms with E-state index < -0.39 is 10.0 Å². The molecule has 0 radical (unpaired) electrons. The zero-order chi connectivity index (χ0) is 19.8. The Kier molecular flexibility index (Phi) is 5.03. The van der Waals surface area contributed by atoms with Crippen molar-refractivity contribution in [1.82, 2.24) is 23.6 Å². The zero-order valence-corrected chi connectivity index (χ0v) is 16.5. The summed E-state index contributed by atoms with van der Waals surface area (Å²) in [5, 5.41) is 6.84. The van der Waals surface area contributed by atoms with Gasteiger partial charge in [-0.3, -0.25) is 9.48 Å². The van der Waals surface area contributed by atoms with E-state index in [9.17, 15) is 13.2 Å². The second kappa shape index (κ2) is 7.12. The molecule has 3 rings (SSSR count). The van der Waals surface area contributed by atoms with Crippen molar-refractivity contribution in [2.75, 3.05) is 19.4 Å². The van der Waals surface area contributed by atoms with Crippen LogP contribution in [0, 0.1) is 0 Å². The summed E-state index contributed by atoms with van der Waals surface area (Å²) < 4.78 is 29.2. The number of fused-ring (bicyclic) bond motifs is 1. The normalized spacial score (nSPS) is 12.0. The van der Waals surface area contributed by atoms with Crippen LogP contribution in [0.1, 0.15) is 12.2 Å². The molecule has 9 nitrogen and oxygen atoms in total. The number of anilines is 1. The first kappa shape index (κ1) is 19.1. The first-order chi connectivity index (χ1) is 12.7. The Morgan fingerprint density at radius 1 is 1.22 bits per heavy atom. The summed E-state index contributed by atoms with van der Waals surface area (Å²) in [6.07, 6.45) is 2.43. The molecule has 1 aromatic carbocycles. The third-order valence-corrected chi connectivity index (χ3v) is 6.09. The molecule has 2 heterocycles. The van der Waals surface area contributed by atoms with Crippen molar-refractivity contribution in [2.24, 2.45) is 14.1 Å². The van der Waals surface area contributed by atoms with Crippen LogP contribution >= 0.6 is 0 Å². The van der Waals surface area contributed by atoms with Crippen LogP contribution < -0.4 is 5.32 Å². The molecule has 0 saturated carbocycles. The van der Waals surface area contributed by atoms with Gasteiger partial charge in [0.15, 0.2) is 5.82 Å². The van der Waals surface area contributed by atoms with Gasteiger partial charge in [-0.15, -0.1) is 0 Å². The number of sulfonamides is 1. The SMILES string of the molecule is CN(C)S(=O)(=O)c1ccc2c(c1)nc(CCC(=O)Nc1ccn(C)n1)n2C. The van der Waals surface area contributed by atoms with Gasteiger partial charge >= 0.3 is 0 Å². The summed E-state index contributed by atoms with van der Waals surface area (Å²) in [6, 6.07) is 6.58. The fourth-order valence-corrected chi connectivity index (χ4v) is 3.66. The summed E-state index contributed by atoms with van der Waals surface area (Å²) in [5.74, 6) is 1.06. The third kappa shape index (κ3) is 3.86. The summed E-state index contributed by atoms with van der Waals surface area (Å²) in [6.45, 7) is 0. The summed E-state index contributed by atoms with van der Waals surface area (Å²) in [4.78, 5) is 16.8. The Hall–Kier alpha value is -2.72. The third-order valence-electron chi connectivity index (χ3n) is 4.28. The molecule has 2 aromatic heterocycles.